The number of nitrogens with zero attached hydrogens (tertiary/aromatic N) is 1. The van der Waals surface area contributed by atoms with Crippen LogP contribution in [0.5, 0.6) is 0 Å². The van der Waals surface area contributed by atoms with Crippen molar-refractivity contribution in [3.63, 3.8) is 0 Å². The Labute approximate surface area is 218 Å². The van der Waals surface area contributed by atoms with Gasteiger partial charge in [0.15, 0.2) is 11.6 Å². The van der Waals surface area contributed by atoms with Crippen LogP contribution in [0.4, 0.5) is 0 Å². The van der Waals surface area contributed by atoms with Gasteiger partial charge in [-0.15, -0.1) is 0 Å². The molecule has 5 rings (SSSR count). The van der Waals surface area contributed by atoms with Gasteiger partial charge in [0.05, 0.1) is 6.04 Å². The minimum atomic E-state index is -0.452. The number of hydrogen-bond acceptors (Lipinski definition) is 4. The first kappa shape index (κ1) is 25.1. The van der Waals surface area contributed by atoms with E-state index in [1.54, 1.807) is 6.20 Å². The van der Waals surface area contributed by atoms with E-state index in [4.69, 9.17) is 0 Å². The number of likely N-dealkylation sites (tertiary alicyclic amines) is 1. The van der Waals surface area contributed by atoms with E-state index in [1.165, 1.54) is 11.1 Å². The smallest absolute Gasteiger partial charge is 0.186 e. The minimum absolute atomic E-state index is 0.0227. The highest BCUT2D eigenvalue weighted by Crippen LogP contribution is 2.27. The van der Waals surface area contributed by atoms with Crippen LogP contribution in [0.1, 0.15) is 56.8 Å². The number of benzene rings is 3. The number of nitrogens with one attached hydrogen (secondary N) is 2. The summed E-state index contributed by atoms with van der Waals surface area (Å²) < 4.78 is 0. The Balaban J connectivity index is 1.32. The van der Waals surface area contributed by atoms with E-state index in [0.29, 0.717) is 30.0 Å². The molecule has 2 N–H and O–H groups in total. The summed E-state index contributed by atoms with van der Waals surface area (Å²) in [5, 5.41) is 4.35. The predicted molar refractivity (Wildman–Crippen MR) is 149 cm³/mol. The van der Waals surface area contributed by atoms with Crippen LogP contribution in [0.25, 0.3) is 10.9 Å². The number of ketones is 2. The lowest BCUT2D eigenvalue weighted by molar-refractivity contribution is 0.0767. The summed E-state index contributed by atoms with van der Waals surface area (Å²) in [7, 11) is 0. The first-order valence-electron chi connectivity index (χ1n) is 13.3. The van der Waals surface area contributed by atoms with Crippen LogP contribution in [0.3, 0.4) is 0 Å². The molecule has 0 unspecified atom stereocenters. The van der Waals surface area contributed by atoms with E-state index in [-0.39, 0.29) is 11.6 Å². The molecule has 4 aromatic rings. The van der Waals surface area contributed by atoms with Gasteiger partial charge in [0.25, 0.3) is 0 Å². The SMILES string of the molecule is CCN1CC(CC(=O)c2ccc3c(C(=O)[C@H](NCCc4ccc(C)cc4)c4ccccc4)c[nH]c3c2)C1. The fourth-order valence-electron chi connectivity index (χ4n) is 5.23. The second kappa shape index (κ2) is 11.2. The van der Waals surface area contributed by atoms with Crippen molar-refractivity contribution in [2.45, 2.75) is 32.7 Å². The molecule has 0 bridgehead atoms. The number of hydrogen-bond donors (Lipinski definition) is 2. The zero-order valence-electron chi connectivity index (χ0n) is 21.7. The number of aromatic amines is 1. The molecule has 5 nitrogen and oxygen atoms in total. The third-order valence-electron chi connectivity index (χ3n) is 7.50. The summed E-state index contributed by atoms with van der Waals surface area (Å²) in [5.41, 5.74) is 5.60. The van der Waals surface area contributed by atoms with Gasteiger partial charge in [-0.25, -0.2) is 0 Å². The number of rotatable bonds is 11. The number of carbonyl (C=O) groups excluding carboxylic acids is 2. The molecular formula is C32H35N3O2. The maximum absolute atomic E-state index is 13.8. The lowest BCUT2D eigenvalue weighted by Crippen LogP contribution is -2.46. The lowest BCUT2D eigenvalue weighted by Gasteiger charge is -2.38. The quantitative estimate of drug-likeness (QED) is 0.261. The van der Waals surface area contributed by atoms with Crippen LogP contribution < -0.4 is 5.32 Å². The van der Waals surface area contributed by atoms with E-state index in [0.717, 1.165) is 42.5 Å². The summed E-state index contributed by atoms with van der Waals surface area (Å²) in [6.07, 6.45) is 3.20. The first-order valence-corrected chi connectivity index (χ1v) is 13.3. The van der Waals surface area contributed by atoms with Crippen LogP contribution >= 0.6 is 0 Å². The van der Waals surface area contributed by atoms with Crippen LogP contribution in [-0.4, -0.2) is 47.6 Å². The van der Waals surface area contributed by atoms with Crippen LogP contribution in [0.2, 0.25) is 0 Å². The van der Waals surface area contributed by atoms with Crippen molar-refractivity contribution < 1.29 is 9.59 Å². The van der Waals surface area contributed by atoms with Gasteiger partial charge in [-0.3, -0.25) is 9.59 Å². The van der Waals surface area contributed by atoms with E-state index in [9.17, 15) is 9.59 Å². The largest absolute Gasteiger partial charge is 0.360 e. The Kier molecular flexibility index (Phi) is 7.63. The molecule has 0 aliphatic carbocycles. The van der Waals surface area contributed by atoms with Crippen molar-refractivity contribution in [1.29, 1.82) is 0 Å². The number of Topliss-reactive ketones (excluding diaryl/α,β-unsaturated/α-hetero) is 2. The molecule has 0 amide bonds. The Morgan fingerprint density at radius 3 is 2.51 bits per heavy atom. The van der Waals surface area contributed by atoms with Crippen molar-refractivity contribution in [3.05, 3.63) is 107 Å². The third kappa shape index (κ3) is 5.74. The molecular weight excluding hydrogens is 458 g/mol. The van der Waals surface area contributed by atoms with Gasteiger partial charge in [0, 0.05) is 54.3 Å². The molecule has 1 saturated heterocycles. The molecule has 0 saturated carbocycles. The van der Waals surface area contributed by atoms with Crippen molar-refractivity contribution in [2.24, 2.45) is 5.92 Å². The minimum Gasteiger partial charge on any atom is -0.360 e. The molecule has 1 aliphatic rings. The Bertz CT molecular complexity index is 1370. The molecule has 0 radical (unpaired) electrons. The molecule has 1 aliphatic heterocycles. The highest BCUT2D eigenvalue weighted by atomic mass is 16.1. The van der Waals surface area contributed by atoms with Gasteiger partial charge in [0.2, 0.25) is 0 Å². The second-order valence-corrected chi connectivity index (χ2v) is 10.2. The second-order valence-electron chi connectivity index (χ2n) is 10.2. The average molecular weight is 494 g/mol. The van der Waals surface area contributed by atoms with Gasteiger partial charge >= 0.3 is 0 Å². The Morgan fingerprint density at radius 2 is 1.78 bits per heavy atom. The standard InChI is InChI=1S/C32H35N3O2/c1-3-35-20-24(21-35)17-30(36)26-13-14-27-28(19-34-29(27)18-26)32(37)31(25-7-5-4-6-8-25)33-16-15-23-11-9-22(2)10-12-23/h4-14,18-19,24,31,33-34H,3,15-17,20-21H2,1-2H3/t31-/m1/s1. The molecule has 0 spiro atoms. The van der Waals surface area contributed by atoms with Crippen LogP contribution in [0.15, 0.2) is 79.0 Å². The van der Waals surface area contributed by atoms with Crippen LogP contribution in [-0.2, 0) is 6.42 Å². The summed E-state index contributed by atoms with van der Waals surface area (Å²) in [6.45, 7) is 7.97. The number of aryl methyl sites for hydroxylation is 1. The van der Waals surface area contributed by atoms with Gasteiger partial charge in [-0.2, -0.15) is 0 Å². The number of carbonyl (C=O) groups is 2. The Morgan fingerprint density at radius 1 is 1.03 bits per heavy atom. The van der Waals surface area contributed by atoms with Gasteiger partial charge in [-0.1, -0.05) is 79.2 Å². The fourth-order valence-corrected chi connectivity index (χ4v) is 5.23. The summed E-state index contributed by atoms with van der Waals surface area (Å²) in [5.74, 6) is 0.640. The van der Waals surface area contributed by atoms with E-state index in [1.807, 2.05) is 48.5 Å². The number of fused-ring (bicyclic) bond motifs is 1. The van der Waals surface area contributed by atoms with E-state index < -0.39 is 6.04 Å². The molecule has 3 aromatic carbocycles. The highest BCUT2D eigenvalue weighted by molar-refractivity contribution is 6.11. The summed E-state index contributed by atoms with van der Waals surface area (Å²) in [4.78, 5) is 32.3. The molecule has 37 heavy (non-hydrogen) atoms. The monoisotopic (exact) mass is 493 g/mol. The fraction of sp³-hybridized carbons (Fsp3) is 0.312. The van der Waals surface area contributed by atoms with Crippen molar-refractivity contribution in [3.8, 4) is 0 Å². The molecule has 190 valence electrons. The maximum Gasteiger partial charge on any atom is 0.186 e. The zero-order chi connectivity index (χ0) is 25.8. The topological polar surface area (TPSA) is 65.2 Å². The molecule has 1 fully saturated rings. The first-order chi connectivity index (χ1) is 18.0. The van der Waals surface area contributed by atoms with Gasteiger partial charge < -0.3 is 15.2 Å². The highest BCUT2D eigenvalue weighted by Gasteiger charge is 2.28. The zero-order valence-corrected chi connectivity index (χ0v) is 21.7. The maximum atomic E-state index is 13.8. The molecule has 1 aromatic heterocycles. The van der Waals surface area contributed by atoms with E-state index in [2.05, 4.69) is 53.3 Å². The number of H-pyrrole nitrogens is 1. The van der Waals surface area contributed by atoms with Gasteiger partial charge in [-0.05, 0) is 43.0 Å². The Hall–Kier alpha value is -3.54. The average Bonchev–Trinajstić information content (AvgIpc) is 3.33. The number of aromatic nitrogens is 1. The molecule has 5 heteroatoms. The summed E-state index contributed by atoms with van der Waals surface area (Å²) in [6, 6.07) is 23.6. The molecule has 1 atom stereocenters. The normalized spacial score (nSPS) is 15.0. The van der Waals surface area contributed by atoms with Crippen molar-refractivity contribution >= 4 is 22.5 Å². The summed E-state index contributed by atoms with van der Waals surface area (Å²) >= 11 is 0. The van der Waals surface area contributed by atoms with Crippen molar-refractivity contribution in [1.82, 2.24) is 15.2 Å². The van der Waals surface area contributed by atoms with Gasteiger partial charge in [0.1, 0.15) is 0 Å². The van der Waals surface area contributed by atoms with Crippen molar-refractivity contribution in [2.75, 3.05) is 26.2 Å². The predicted octanol–water partition coefficient (Wildman–Crippen LogP) is 5.76. The van der Waals surface area contributed by atoms with E-state index >= 15 is 0 Å². The third-order valence-corrected chi connectivity index (χ3v) is 7.50. The van der Waals surface area contributed by atoms with Crippen LogP contribution in [0, 0.1) is 12.8 Å². The molecule has 2 heterocycles. The lowest BCUT2D eigenvalue weighted by atomic mass is 9.91.